The van der Waals surface area contributed by atoms with Gasteiger partial charge in [0, 0.05) is 30.1 Å². The Morgan fingerprint density at radius 2 is 1.86 bits per heavy atom. The van der Waals surface area contributed by atoms with Crippen LogP contribution in [0.2, 0.25) is 0 Å². The molecule has 0 saturated carbocycles. The van der Waals surface area contributed by atoms with Gasteiger partial charge in [-0.1, -0.05) is 6.07 Å². The second kappa shape index (κ2) is 7.44. The van der Waals surface area contributed by atoms with Gasteiger partial charge in [0.1, 0.15) is 11.5 Å². The number of nitrogens with one attached hydrogen (secondary N) is 2. The van der Waals surface area contributed by atoms with Gasteiger partial charge in [-0.2, -0.15) is 0 Å². The van der Waals surface area contributed by atoms with E-state index in [4.69, 9.17) is 21.7 Å². The number of nitrogens with zero attached hydrogens (tertiary/aromatic N) is 1. The predicted octanol–water partition coefficient (Wildman–Crippen LogP) is 2.59. The number of hydrogen-bond acceptors (Lipinski definition) is 4. The third kappa shape index (κ3) is 4.61. The summed E-state index contributed by atoms with van der Waals surface area (Å²) in [6.07, 6.45) is 1.75. The Balaban J connectivity index is 1.96. The Labute approximate surface area is 129 Å². The van der Waals surface area contributed by atoms with E-state index in [9.17, 15) is 0 Å². The molecule has 0 atom stereocenters. The first-order valence-electron chi connectivity index (χ1n) is 6.39. The van der Waals surface area contributed by atoms with Crippen molar-refractivity contribution in [3.63, 3.8) is 0 Å². The molecule has 5 nitrogen and oxygen atoms in total. The molecule has 1 aromatic carbocycles. The van der Waals surface area contributed by atoms with E-state index in [-0.39, 0.29) is 0 Å². The normalized spacial score (nSPS) is 9.81. The van der Waals surface area contributed by atoms with Gasteiger partial charge in [0.15, 0.2) is 5.11 Å². The standard InChI is InChI=1S/C15H17N3O2S/c1-19-13-7-12(8-14(9-13)20-2)18-15(21)17-10-11-5-3-4-6-16-11/h3-9H,10H2,1-2H3,(H2,17,18,21). The zero-order chi connectivity index (χ0) is 15.1. The van der Waals surface area contributed by atoms with Crippen molar-refractivity contribution in [1.29, 1.82) is 0 Å². The fourth-order valence-corrected chi connectivity index (χ4v) is 1.92. The maximum Gasteiger partial charge on any atom is 0.171 e. The van der Waals surface area contributed by atoms with Crippen LogP contribution < -0.4 is 20.1 Å². The van der Waals surface area contributed by atoms with Crippen LogP contribution in [0.15, 0.2) is 42.6 Å². The lowest BCUT2D eigenvalue weighted by Gasteiger charge is -2.12. The van der Waals surface area contributed by atoms with Gasteiger partial charge in [-0.25, -0.2) is 0 Å². The van der Waals surface area contributed by atoms with Crippen molar-refractivity contribution in [2.45, 2.75) is 6.54 Å². The molecule has 0 aliphatic heterocycles. The SMILES string of the molecule is COc1cc(NC(=S)NCc2ccccn2)cc(OC)c1. The molecule has 0 amide bonds. The summed E-state index contributed by atoms with van der Waals surface area (Å²) >= 11 is 5.26. The van der Waals surface area contributed by atoms with Crippen molar-refractivity contribution in [2.24, 2.45) is 0 Å². The molecule has 110 valence electrons. The number of aromatic nitrogens is 1. The molecule has 1 aromatic heterocycles. The minimum absolute atomic E-state index is 0.510. The number of thiocarbonyl (C=S) groups is 1. The number of benzene rings is 1. The van der Waals surface area contributed by atoms with Crippen LogP contribution in [0.3, 0.4) is 0 Å². The third-order valence-electron chi connectivity index (χ3n) is 2.77. The van der Waals surface area contributed by atoms with Gasteiger partial charge >= 0.3 is 0 Å². The van der Waals surface area contributed by atoms with Gasteiger partial charge in [0.05, 0.1) is 26.5 Å². The van der Waals surface area contributed by atoms with E-state index in [1.807, 2.05) is 30.3 Å². The molecule has 2 rings (SSSR count). The molecule has 2 N–H and O–H groups in total. The van der Waals surface area contributed by atoms with E-state index >= 15 is 0 Å². The molecule has 0 aliphatic rings. The Morgan fingerprint density at radius 1 is 1.14 bits per heavy atom. The smallest absolute Gasteiger partial charge is 0.171 e. The highest BCUT2D eigenvalue weighted by Gasteiger charge is 2.04. The Morgan fingerprint density at radius 3 is 2.43 bits per heavy atom. The maximum atomic E-state index is 5.26. The summed E-state index contributed by atoms with van der Waals surface area (Å²) in [5.41, 5.74) is 1.72. The fourth-order valence-electron chi connectivity index (χ4n) is 1.73. The van der Waals surface area contributed by atoms with Crippen molar-refractivity contribution >= 4 is 23.0 Å². The molecule has 0 bridgehead atoms. The number of ether oxygens (including phenoxy) is 2. The molecule has 0 saturated heterocycles. The summed E-state index contributed by atoms with van der Waals surface area (Å²) in [6.45, 7) is 0.563. The third-order valence-corrected chi connectivity index (χ3v) is 3.01. The van der Waals surface area contributed by atoms with Gasteiger partial charge in [0.25, 0.3) is 0 Å². The highest BCUT2D eigenvalue weighted by molar-refractivity contribution is 7.80. The monoisotopic (exact) mass is 303 g/mol. The lowest BCUT2D eigenvalue weighted by Crippen LogP contribution is -2.28. The Hall–Kier alpha value is -2.34. The van der Waals surface area contributed by atoms with Gasteiger partial charge in [-0.05, 0) is 24.4 Å². The summed E-state index contributed by atoms with van der Waals surface area (Å²) in [7, 11) is 3.21. The second-order valence-electron chi connectivity index (χ2n) is 4.23. The topological polar surface area (TPSA) is 55.4 Å². The molecule has 0 radical (unpaired) electrons. The van der Waals surface area contributed by atoms with Crippen LogP contribution in [0.5, 0.6) is 11.5 Å². The quantitative estimate of drug-likeness (QED) is 0.828. The van der Waals surface area contributed by atoms with E-state index in [2.05, 4.69) is 15.6 Å². The molecule has 2 aromatic rings. The minimum atomic E-state index is 0.510. The van der Waals surface area contributed by atoms with Gasteiger partial charge in [-0.3, -0.25) is 4.98 Å². The number of anilines is 1. The highest BCUT2D eigenvalue weighted by atomic mass is 32.1. The zero-order valence-electron chi connectivity index (χ0n) is 11.9. The van der Waals surface area contributed by atoms with Crippen LogP contribution in [0.4, 0.5) is 5.69 Å². The zero-order valence-corrected chi connectivity index (χ0v) is 12.7. The highest BCUT2D eigenvalue weighted by Crippen LogP contribution is 2.25. The number of hydrogen-bond donors (Lipinski definition) is 2. The molecular formula is C15H17N3O2S. The van der Waals surface area contributed by atoms with Crippen molar-refractivity contribution < 1.29 is 9.47 Å². The van der Waals surface area contributed by atoms with Gasteiger partial charge < -0.3 is 20.1 Å². The van der Waals surface area contributed by atoms with E-state index in [1.165, 1.54) is 0 Å². The fraction of sp³-hybridized carbons (Fsp3) is 0.200. The summed E-state index contributed by atoms with van der Waals surface area (Å²) in [6, 6.07) is 11.2. The molecule has 0 unspecified atom stereocenters. The van der Waals surface area contributed by atoms with Crippen LogP contribution in [-0.4, -0.2) is 24.3 Å². The molecule has 0 spiro atoms. The molecule has 21 heavy (non-hydrogen) atoms. The van der Waals surface area contributed by atoms with E-state index in [1.54, 1.807) is 26.5 Å². The molecule has 0 aliphatic carbocycles. The van der Waals surface area contributed by atoms with Crippen LogP contribution in [0.1, 0.15) is 5.69 Å². The van der Waals surface area contributed by atoms with Gasteiger partial charge in [-0.15, -0.1) is 0 Å². The first-order valence-corrected chi connectivity index (χ1v) is 6.80. The second-order valence-corrected chi connectivity index (χ2v) is 4.64. The molecule has 1 heterocycles. The van der Waals surface area contributed by atoms with E-state index in [0.29, 0.717) is 23.2 Å². The average Bonchev–Trinajstić information content (AvgIpc) is 2.53. The van der Waals surface area contributed by atoms with Crippen molar-refractivity contribution in [3.8, 4) is 11.5 Å². The van der Waals surface area contributed by atoms with Gasteiger partial charge in [0.2, 0.25) is 0 Å². The average molecular weight is 303 g/mol. The number of pyridine rings is 1. The number of rotatable bonds is 5. The van der Waals surface area contributed by atoms with Crippen LogP contribution in [0, 0.1) is 0 Å². The Kier molecular flexibility index (Phi) is 5.34. The van der Waals surface area contributed by atoms with Crippen molar-refractivity contribution in [2.75, 3.05) is 19.5 Å². The maximum absolute atomic E-state index is 5.26. The van der Waals surface area contributed by atoms with Crippen LogP contribution in [-0.2, 0) is 6.54 Å². The molecule has 6 heteroatoms. The molecular weight excluding hydrogens is 286 g/mol. The van der Waals surface area contributed by atoms with Crippen molar-refractivity contribution in [1.82, 2.24) is 10.3 Å². The summed E-state index contributed by atoms with van der Waals surface area (Å²) in [5.74, 6) is 1.40. The van der Waals surface area contributed by atoms with Crippen LogP contribution in [0.25, 0.3) is 0 Å². The lowest BCUT2D eigenvalue weighted by atomic mass is 10.3. The summed E-state index contributed by atoms with van der Waals surface area (Å²) in [4.78, 5) is 4.22. The molecule has 0 fully saturated rings. The first-order chi connectivity index (χ1) is 10.2. The summed E-state index contributed by atoms with van der Waals surface area (Å²) < 4.78 is 10.4. The summed E-state index contributed by atoms with van der Waals surface area (Å²) in [5, 5.41) is 6.70. The minimum Gasteiger partial charge on any atom is -0.497 e. The number of methoxy groups -OCH3 is 2. The predicted molar refractivity (Wildman–Crippen MR) is 86.8 cm³/mol. The van der Waals surface area contributed by atoms with Crippen LogP contribution >= 0.6 is 12.2 Å². The lowest BCUT2D eigenvalue weighted by molar-refractivity contribution is 0.395. The van der Waals surface area contributed by atoms with Crippen molar-refractivity contribution in [3.05, 3.63) is 48.3 Å². The van der Waals surface area contributed by atoms with E-state index < -0.39 is 0 Å². The van der Waals surface area contributed by atoms with E-state index in [0.717, 1.165) is 11.4 Å². The largest absolute Gasteiger partial charge is 0.497 e. The first kappa shape index (κ1) is 15.1. The Bertz CT molecular complexity index is 583.